The van der Waals surface area contributed by atoms with Crippen LogP contribution < -0.4 is 0 Å². The van der Waals surface area contributed by atoms with E-state index in [2.05, 4.69) is 20.5 Å². The number of aliphatic imine (C=N–C) groups is 1. The van der Waals surface area contributed by atoms with Gasteiger partial charge in [0.2, 0.25) is 0 Å². The molecule has 1 fully saturated rings. The number of hydrogen-bond acceptors (Lipinski definition) is 5. The van der Waals surface area contributed by atoms with E-state index in [1.807, 2.05) is 32.2 Å². The Morgan fingerprint density at radius 1 is 1.17 bits per heavy atom. The molecule has 30 heavy (non-hydrogen) atoms. The summed E-state index contributed by atoms with van der Waals surface area (Å²) in [5.41, 5.74) is 3.65. The molecular weight excluding hydrogens is 386 g/mol. The maximum absolute atomic E-state index is 12.6. The lowest BCUT2D eigenvalue weighted by atomic mass is 9.82. The first kappa shape index (κ1) is 20.3. The Bertz CT molecular complexity index is 1060. The lowest BCUT2D eigenvalue weighted by Crippen LogP contribution is -2.49. The summed E-state index contributed by atoms with van der Waals surface area (Å²) < 4.78 is 2.10. The Labute approximate surface area is 173 Å². The number of carbonyl (C=O) groups excluding carboxylic acids is 1. The minimum atomic E-state index is -1.11. The number of aromatic nitrogens is 1. The van der Waals surface area contributed by atoms with Crippen LogP contribution in [0.3, 0.4) is 0 Å². The molecule has 8 nitrogen and oxygen atoms in total. The van der Waals surface area contributed by atoms with Gasteiger partial charge in [0.05, 0.1) is 24.1 Å². The molecule has 2 unspecified atom stereocenters. The highest BCUT2D eigenvalue weighted by molar-refractivity contribution is 6.19. The van der Waals surface area contributed by atoms with Gasteiger partial charge in [-0.15, -0.1) is 0 Å². The van der Waals surface area contributed by atoms with E-state index in [1.54, 1.807) is 0 Å². The van der Waals surface area contributed by atoms with Crippen LogP contribution in [-0.4, -0.2) is 62.7 Å². The van der Waals surface area contributed by atoms with Crippen LogP contribution in [0.15, 0.2) is 29.3 Å². The van der Waals surface area contributed by atoms with Crippen molar-refractivity contribution in [1.82, 2.24) is 9.47 Å². The quantitative estimate of drug-likeness (QED) is 0.701. The molecule has 1 aromatic heterocycles. The van der Waals surface area contributed by atoms with Gasteiger partial charge in [0.15, 0.2) is 5.78 Å². The maximum atomic E-state index is 12.6. The fraction of sp³-hybridized carbons (Fsp3) is 0.455. The molecule has 2 aliphatic heterocycles. The molecule has 2 aromatic rings. The minimum absolute atomic E-state index is 0.0161. The average Bonchev–Trinajstić information content (AvgIpc) is 2.98. The third-order valence-electron chi connectivity index (χ3n) is 6.30. The number of rotatable bonds is 6. The molecule has 0 saturated carbocycles. The fourth-order valence-electron chi connectivity index (χ4n) is 4.46. The number of nitrogens with zero attached hydrogens (tertiary/aromatic N) is 3. The average molecular weight is 411 g/mol. The number of carboxylic acid groups (broad SMARTS) is 2. The third-order valence-corrected chi connectivity index (χ3v) is 6.30. The van der Waals surface area contributed by atoms with Crippen molar-refractivity contribution in [1.29, 1.82) is 0 Å². The van der Waals surface area contributed by atoms with E-state index in [1.165, 1.54) is 0 Å². The number of aliphatic carboxylic acids is 2. The summed E-state index contributed by atoms with van der Waals surface area (Å²) >= 11 is 0. The molecular formula is C22H25N3O5. The molecule has 2 aliphatic rings. The third kappa shape index (κ3) is 3.41. The van der Waals surface area contributed by atoms with E-state index < -0.39 is 23.8 Å². The molecule has 1 aromatic carbocycles. The summed E-state index contributed by atoms with van der Waals surface area (Å²) in [5.74, 6) is -3.97. The van der Waals surface area contributed by atoms with E-state index in [4.69, 9.17) is 5.11 Å². The molecule has 0 bridgehead atoms. The number of Topliss-reactive ketones (excluding diaryl/α,β-unsaturated/α-hetero) is 1. The number of fused-ring (bicyclic) bond motifs is 1. The lowest BCUT2D eigenvalue weighted by Gasteiger charge is -2.36. The Morgan fingerprint density at radius 2 is 1.90 bits per heavy atom. The number of hydrogen-bond donors (Lipinski definition) is 2. The summed E-state index contributed by atoms with van der Waals surface area (Å²) in [6, 6.07) is 8.02. The lowest BCUT2D eigenvalue weighted by molar-refractivity contribution is -0.148. The molecule has 4 rings (SSSR count). The molecule has 2 atom stereocenters. The summed E-state index contributed by atoms with van der Waals surface area (Å²) in [6.07, 6.45) is 0.513. The van der Waals surface area contributed by atoms with E-state index in [9.17, 15) is 19.5 Å². The van der Waals surface area contributed by atoms with Crippen LogP contribution >= 0.6 is 0 Å². The topological polar surface area (TPSA) is 112 Å². The summed E-state index contributed by atoms with van der Waals surface area (Å²) in [4.78, 5) is 41.6. The van der Waals surface area contributed by atoms with Gasteiger partial charge in [0, 0.05) is 43.3 Å². The van der Waals surface area contributed by atoms with Crippen LogP contribution in [0, 0.1) is 17.8 Å². The van der Waals surface area contributed by atoms with Gasteiger partial charge in [-0.05, 0) is 30.2 Å². The van der Waals surface area contributed by atoms with Crippen molar-refractivity contribution in [3.63, 3.8) is 0 Å². The van der Waals surface area contributed by atoms with Crippen LogP contribution in [0.25, 0.3) is 10.9 Å². The maximum Gasteiger partial charge on any atom is 0.315 e. The second-order valence-corrected chi connectivity index (χ2v) is 8.18. The van der Waals surface area contributed by atoms with Gasteiger partial charge < -0.3 is 14.8 Å². The first-order valence-electron chi connectivity index (χ1n) is 10.1. The standard InChI is InChI=1S/C22H25N3O5/c1-3-16-19(23-8-17(20(16)26)22(29)30)12-4-5-18-13(6-12)7-15(24(18)2)11-25-9-14(10-25)21(27)28/h4-7,14,16-17H,3,8-11H2,1-2H3,(H,27,28)(H,29,30). The largest absolute Gasteiger partial charge is 0.481 e. The summed E-state index contributed by atoms with van der Waals surface area (Å²) in [6.45, 7) is 3.66. The molecule has 8 heteroatoms. The van der Waals surface area contributed by atoms with E-state index >= 15 is 0 Å². The van der Waals surface area contributed by atoms with Crippen LogP contribution in [0.1, 0.15) is 24.6 Å². The molecule has 0 aliphatic carbocycles. The van der Waals surface area contributed by atoms with Crippen LogP contribution in [0.2, 0.25) is 0 Å². The van der Waals surface area contributed by atoms with Gasteiger partial charge in [0.1, 0.15) is 5.92 Å². The number of aryl methyl sites for hydroxylation is 1. The molecule has 158 valence electrons. The molecule has 0 radical (unpaired) electrons. The zero-order valence-electron chi connectivity index (χ0n) is 17.0. The molecule has 0 amide bonds. The summed E-state index contributed by atoms with van der Waals surface area (Å²) in [5, 5.41) is 19.3. The van der Waals surface area contributed by atoms with Crippen molar-refractivity contribution >= 4 is 34.3 Å². The fourth-order valence-corrected chi connectivity index (χ4v) is 4.46. The monoisotopic (exact) mass is 411 g/mol. The van der Waals surface area contributed by atoms with E-state index in [-0.39, 0.29) is 18.2 Å². The highest BCUT2D eigenvalue weighted by Crippen LogP contribution is 2.28. The van der Waals surface area contributed by atoms with Crippen molar-refractivity contribution < 1.29 is 24.6 Å². The Kier molecular flexibility index (Phi) is 5.19. The number of ketones is 1. The molecule has 3 heterocycles. The van der Waals surface area contributed by atoms with Crippen molar-refractivity contribution in [2.24, 2.45) is 29.8 Å². The zero-order chi connectivity index (χ0) is 21.6. The van der Waals surface area contributed by atoms with Crippen molar-refractivity contribution in [3.05, 3.63) is 35.5 Å². The van der Waals surface area contributed by atoms with Gasteiger partial charge in [-0.1, -0.05) is 13.0 Å². The van der Waals surface area contributed by atoms with Gasteiger partial charge in [0.25, 0.3) is 0 Å². The highest BCUT2D eigenvalue weighted by atomic mass is 16.4. The van der Waals surface area contributed by atoms with E-state index in [0.29, 0.717) is 31.8 Å². The predicted molar refractivity (Wildman–Crippen MR) is 111 cm³/mol. The molecule has 1 saturated heterocycles. The van der Waals surface area contributed by atoms with Gasteiger partial charge in [-0.2, -0.15) is 0 Å². The van der Waals surface area contributed by atoms with Crippen LogP contribution in [0.5, 0.6) is 0 Å². The smallest absolute Gasteiger partial charge is 0.315 e. The van der Waals surface area contributed by atoms with Gasteiger partial charge >= 0.3 is 11.9 Å². The first-order valence-corrected chi connectivity index (χ1v) is 10.1. The number of carbonyl (C=O) groups is 3. The van der Waals surface area contributed by atoms with Crippen LogP contribution in [0.4, 0.5) is 0 Å². The van der Waals surface area contributed by atoms with Gasteiger partial charge in [-0.3, -0.25) is 24.3 Å². The first-order chi connectivity index (χ1) is 14.3. The Morgan fingerprint density at radius 3 is 2.53 bits per heavy atom. The number of likely N-dealkylation sites (tertiary alicyclic amines) is 1. The predicted octanol–water partition coefficient (Wildman–Crippen LogP) is 1.79. The number of carboxylic acids is 2. The Hall–Kier alpha value is -3.00. The second kappa shape index (κ2) is 7.68. The highest BCUT2D eigenvalue weighted by Gasteiger charge is 2.38. The zero-order valence-corrected chi connectivity index (χ0v) is 17.0. The normalized spacial score (nSPS) is 22.7. The van der Waals surface area contributed by atoms with Gasteiger partial charge in [-0.25, -0.2) is 0 Å². The van der Waals surface area contributed by atoms with Crippen molar-refractivity contribution in [2.75, 3.05) is 19.6 Å². The summed E-state index contributed by atoms with van der Waals surface area (Å²) in [7, 11) is 1.99. The number of benzene rings is 1. The van der Waals surface area contributed by atoms with E-state index in [0.717, 1.165) is 22.2 Å². The van der Waals surface area contributed by atoms with Crippen molar-refractivity contribution in [2.45, 2.75) is 19.9 Å². The second-order valence-electron chi connectivity index (χ2n) is 8.18. The van der Waals surface area contributed by atoms with Crippen molar-refractivity contribution in [3.8, 4) is 0 Å². The SMILES string of the molecule is CCC1C(=O)C(C(=O)O)CN=C1c1ccc2c(c1)cc(CN1CC(C(=O)O)C1)n2C. The molecule has 2 N–H and O–H groups in total. The Balaban J connectivity index is 1.60. The molecule has 0 spiro atoms. The van der Waals surface area contributed by atoms with Crippen LogP contribution in [-0.2, 0) is 28.0 Å². The minimum Gasteiger partial charge on any atom is -0.481 e.